The Morgan fingerprint density at radius 3 is 2.35 bits per heavy atom. The van der Waals surface area contributed by atoms with Crippen molar-refractivity contribution < 1.29 is 8.42 Å². The smallest absolute Gasteiger partial charge is 0.251 e. The van der Waals surface area contributed by atoms with Gasteiger partial charge in [0, 0.05) is 12.7 Å². The summed E-state index contributed by atoms with van der Waals surface area (Å²) in [7, 11) is -1.54. The van der Waals surface area contributed by atoms with E-state index in [-0.39, 0.29) is 5.41 Å². The van der Waals surface area contributed by atoms with Gasteiger partial charge in [0.05, 0.1) is 11.7 Å². The monoisotopic (exact) mass is 252 g/mol. The zero-order valence-corrected chi connectivity index (χ0v) is 11.2. The third-order valence-electron chi connectivity index (χ3n) is 3.07. The Hall–Kier alpha value is -1.36. The van der Waals surface area contributed by atoms with Crippen LogP contribution in [0.2, 0.25) is 0 Å². The molecule has 0 amide bonds. The minimum Gasteiger partial charge on any atom is -0.331 e. The molecule has 0 saturated carbocycles. The Kier molecular flexibility index (Phi) is 2.54. The van der Waals surface area contributed by atoms with Crippen molar-refractivity contribution in [2.24, 2.45) is 4.40 Å². The molecule has 0 spiro atoms. The van der Waals surface area contributed by atoms with Crippen molar-refractivity contribution in [2.75, 3.05) is 18.2 Å². The van der Waals surface area contributed by atoms with Crippen LogP contribution in [0.15, 0.2) is 28.7 Å². The molecule has 0 radical (unpaired) electrons. The van der Waals surface area contributed by atoms with E-state index in [1.165, 1.54) is 0 Å². The lowest BCUT2D eigenvalue weighted by Gasteiger charge is -2.21. The molecular formula is C12H16N2O2S. The van der Waals surface area contributed by atoms with E-state index < -0.39 is 10.0 Å². The molecule has 1 heterocycles. The van der Waals surface area contributed by atoms with Gasteiger partial charge in [-0.05, 0) is 25.5 Å². The molecule has 0 atom stereocenters. The van der Waals surface area contributed by atoms with Gasteiger partial charge in [-0.2, -0.15) is 0 Å². The van der Waals surface area contributed by atoms with Crippen LogP contribution in [-0.4, -0.2) is 27.6 Å². The van der Waals surface area contributed by atoms with Crippen LogP contribution in [0.1, 0.15) is 19.4 Å². The maximum atomic E-state index is 11.4. The van der Waals surface area contributed by atoms with E-state index >= 15 is 0 Å². The fourth-order valence-electron chi connectivity index (χ4n) is 2.28. The topological polar surface area (TPSA) is 49.7 Å². The predicted octanol–water partition coefficient (Wildman–Crippen LogP) is 1.77. The zero-order valence-electron chi connectivity index (χ0n) is 10.4. The van der Waals surface area contributed by atoms with E-state index in [2.05, 4.69) is 4.40 Å². The molecule has 1 aliphatic rings. The van der Waals surface area contributed by atoms with Crippen LogP contribution in [0, 0.1) is 0 Å². The van der Waals surface area contributed by atoms with Gasteiger partial charge in [0.25, 0.3) is 10.0 Å². The average molecular weight is 252 g/mol. The number of fused-ring (bicyclic) bond motifs is 1. The second-order valence-corrected chi connectivity index (χ2v) is 6.50. The highest BCUT2D eigenvalue weighted by atomic mass is 32.2. The Morgan fingerprint density at radius 2 is 1.82 bits per heavy atom. The third kappa shape index (κ3) is 1.95. The van der Waals surface area contributed by atoms with Crippen LogP contribution in [0.5, 0.6) is 0 Å². The summed E-state index contributed by atoms with van der Waals surface area (Å²) < 4.78 is 26.6. The lowest BCUT2D eigenvalue weighted by molar-refractivity contribution is 0.602. The van der Waals surface area contributed by atoms with Gasteiger partial charge in [-0.1, -0.05) is 18.2 Å². The second kappa shape index (κ2) is 3.57. The lowest BCUT2D eigenvalue weighted by atomic mass is 9.86. The van der Waals surface area contributed by atoms with Gasteiger partial charge in [-0.15, -0.1) is 4.40 Å². The molecule has 92 valence electrons. The van der Waals surface area contributed by atoms with Gasteiger partial charge in [0.2, 0.25) is 0 Å². The highest BCUT2D eigenvalue weighted by Gasteiger charge is 2.40. The molecule has 1 aromatic carbocycles. The summed E-state index contributed by atoms with van der Waals surface area (Å²) >= 11 is 0. The van der Waals surface area contributed by atoms with Crippen molar-refractivity contribution in [1.82, 2.24) is 0 Å². The van der Waals surface area contributed by atoms with Crippen LogP contribution >= 0.6 is 0 Å². The Bertz CT molecular complexity index is 588. The summed E-state index contributed by atoms with van der Waals surface area (Å²) in [5.41, 5.74) is 1.74. The van der Waals surface area contributed by atoms with Crippen molar-refractivity contribution in [3.8, 4) is 0 Å². The molecule has 1 aromatic rings. The summed E-state index contributed by atoms with van der Waals surface area (Å²) in [5.74, 6) is 0.571. The number of hydrogen-bond acceptors (Lipinski definition) is 2. The average Bonchev–Trinajstić information content (AvgIpc) is 2.39. The minimum atomic E-state index is -3.38. The quantitative estimate of drug-likeness (QED) is 0.765. The van der Waals surface area contributed by atoms with Crippen LogP contribution < -0.4 is 4.90 Å². The van der Waals surface area contributed by atoms with Crippen molar-refractivity contribution in [1.29, 1.82) is 0 Å². The predicted molar refractivity (Wildman–Crippen MR) is 70.1 cm³/mol. The van der Waals surface area contributed by atoms with Crippen molar-refractivity contribution in [2.45, 2.75) is 19.3 Å². The van der Waals surface area contributed by atoms with E-state index in [4.69, 9.17) is 0 Å². The maximum absolute atomic E-state index is 11.4. The van der Waals surface area contributed by atoms with Crippen LogP contribution in [0.3, 0.4) is 0 Å². The number of nitrogens with zero attached hydrogens (tertiary/aromatic N) is 2. The van der Waals surface area contributed by atoms with Gasteiger partial charge in [0.1, 0.15) is 5.84 Å². The number of para-hydroxylation sites is 1. The van der Waals surface area contributed by atoms with Gasteiger partial charge in [0.15, 0.2) is 0 Å². The van der Waals surface area contributed by atoms with Gasteiger partial charge < -0.3 is 4.90 Å². The molecule has 0 aromatic heterocycles. The van der Waals surface area contributed by atoms with E-state index in [9.17, 15) is 8.42 Å². The van der Waals surface area contributed by atoms with Crippen molar-refractivity contribution in [3.05, 3.63) is 29.8 Å². The third-order valence-corrected chi connectivity index (χ3v) is 3.57. The minimum absolute atomic E-state index is 0.381. The van der Waals surface area contributed by atoms with E-state index in [0.29, 0.717) is 5.84 Å². The first-order chi connectivity index (χ1) is 7.73. The number of hydrogen-bond donors (Lipinski definition) is 0. The molecule has 0 aliphatic carbocycles. The van der Waals surface area contributed by atoms with Crippen LogP contribution in [0.4, 0.5) is 5.69 Å². The highest BCUT2D eigenvalue weighted by Crippen LogP contribution is 2.41. The fraction of sp³-hybridized carbons (Fsp3) is 0.417. The number of sulfonamides is 1. The summed E-state index contributed by atoms with van der Waals surface area (Å²) in [6.45, 7) is 3.97. The molecule has 17 heavy (non-hydrogen) atoms. The SMILES string of the molecule is CN1/C(=N/S(C)(=O)=O)C(C)(C)c2ccccc21. The molecule has 2 rings (SSSR count). The molecule has 0 N–H and O–H groups in total. The Labute approximate surface area is 102 Å². The molecular weight excluding hydrogens is 236 g/mol. The summed E-state index contributed by atoms with van der Waals surface area (Å²) in [4.78, 5) is 1.84. The zero-order chi connectivity index (χ0) is 12.8. The Morgan fingerprint density at radius 1 is 1.24 bits per heavy atom. The normalized spacial score (nSPS) is 20.7. The van der Waals surface area contributed by atoms with E-state index in [1.54, 1.807) is 0 Å². The summed E-state index contributed by atoms with van der Waals surface area (Å²) in [6, 6.07) is 7.88. The second-order valence-electron chi connectivity index (χ2n) is 4.85. The van der Waals surface area contributed by atoms with Gasteiger partial charge in [-0.3, -0.25) is 0 Å². The molecule has 0 bridgehead atoms. The van der Waals surface area contributed by atoms with Crippen LogP contribution in [0.25, 0.3) is 0 Å². The number of amidine groups is 1. The fourth-order valence-corrected chi connectivity index (χ4v) is 2.95. The lowest BCUT2D eigenvalue weighted by Crippen LogP contribution is -2.34. The Balaban J connectivity index is 2.67. The van der Waals surface area contributed by atoms with Gasteiger partial charge in [-0.25, -0.2) is 8.42 Å². The molecule has 5 heteroatoms. The van der Waals surface area contributed by atoms with E-state index in [1.807, 2.05) is 50.1 Å². The summed E-state index contributed by atoms with van der Waals surface area (Å²) in [6.07, 6.45) is 1.12. The molecule has 1 aliphatic heterocycles. The standard InChI is InChI=1S/C12H16N2O2S/c1-12(2)9-7-5-6-8-10(9)14(3)11(12)13-17(4,15)16/h5-8H,1-4H3/b13-11+. The molecule has 4 nitrogen and oxygen atoms in total. The first-order valence-electron chi connectivity index (χ1n) is 5.37. The number of rotatable bonds is 1. The molecule has 0 fully saturated rings. The van der Waals surface area contributed by atoms with Crippen molar-refractivity contribution in [3.63, 3.8) is 0 Å². The molecule has 0 unspecified atom stereocenters. The number of benzene rings is 1. The highest BCUT2D eigenvalue weighted by molar-refractivity contribution is 7.89. The van der Waals surface area contributed by atoms with Gasteiger partial charge >= 0.3 is 0 Å². The first-order valence-corrected chi connectivity index (χ1v) is 7.22. The van der Waals surface area contributed by atoms with Crippen LogP contribution in [-0.2, 0) is 15.4 Å². The largest absolute Gasteiger partial charge is 0.331 e. The van der Waals surface area contributed by atoms with E-state index in [0.717, 1.165) is 17.5 Å². The number of anilines is 1. The first kappa shape index (κ1) is 12.1. The number of likely N-dealkylation sites (N-methyl/N-ethyl adjacent to an activating group) is 1. The summed E-state index contributed by atoms with van der Waals surface area (Å²) in [5, 5.41) is 0. The molecule has 0 saturated heterocycles. The maximum Gasteiger partial charge on any atom is 0.251 e. The van der Waals surface area contributed by atoms with Crippen molar-refractivity contribution >= 4 is 21.5 Å².